The van der Waals surface area contributed by atoms with Crippen LogP contribution in [-0.2, 0) is 4.79 Å². The maximum atomic E-state index is 13.8. The third kappa shape index (κ3) is 2.51. The number of halogens is 3. The highest BCUT2D eigenvalue weighted by Crippen LogP contribution is 2.36. The minimum absolute atomic E-state index is 0.0890. The first-order valence-electron chi connectivity index (χ1n) is 5.43. The summed E-state index contributed by atoms with van der Waals surface area (Å²) in [5.41, 5.74) is -1.26. The van der Waals surface area contributed by atoms with Crippen molar-refractivity contribution in [3.05, 3.63) is 33.9 Å². The van der Waals surface area contributed by atoms with Gasteiger partial charge in [-0.3, -0.25) is 14.9 Å². The van der Waals surface area contributed by atoms with Gasteiger partial charge in [0.15, 0.2) is 11.5 Å². The van der Waals surface area contributed by atoms with Gasteiger partial charge in [0.25, 0.3) is 5.69 Å². The zero-order valence-electron chi connectivity index (χ0n) is 9.61. The number of hydrogen-bond acceptors (Lipinski definition) is 3. The molecule has 2 rings (SSSR count). The molecule has 19 heavy (non-hydrogen) atoms. The molecule has 1 fully saturated rings. The summed E-state index contributed by atoms with van der Waals surface area (Å²) in [6, 6.07) is 1.11. The van der Waals surface area contributed by atoms with Gasteiger partial charge in [0, 0.05) is 24.9 Å². The average molecular weight is 291 g/mol. The number of nitro groups is 1. The number of carbonyl (C=O) groups is 1. The van der Waals surface area contributed by atoms with Crippen molar-refractivity contribution in [3.63, 3.8) is 0 Å². The SMILES string of the molecule is O=C1CC(CCl)CN1c1c(F)cc(F)cc1[N+](=O)[O-]. The van der Waals surface area contributed by atoms with Crippen LogP contribution in [0.4, 0.5) is 20.2 Å². The van der Waals surface area contributed by atoms with E-state index in [9.17, 15) is 23.7 Å². The normalized spacial score (nSPS) is 19.0. The maximum absolute atomic E-state index is 13.8. The van der Waals surface area contributed by atoms with Gasteiger partial charge >= 0.3 is 0 Å². The van der Waals surface area contributed by atoms with E-state index in [1.807, 2.05) is 0 Å². The minimum Gasteiger partial charge on any atom is -0.304 e. The van der Waals surface area contributed by atoms with E-state index in [4.69, 9.17) is 11.6 Å². The first-order chi connectivity index (χ1) is 8.93. The number of alkyl halides is 1. The molecule has 0 N–H and O–H groups in total. The quantitative estimate of drug-likeness (QED) is 0.488. The molecule has 1 heterocycles. The smallest absolute Gasteiger partial charge is 0.298 e. The Bertz CT molecular complexity index is 553. The molecule has 1 unspecified atom stereocenters. The van der Waals surface area contributed by atoms with Crippen molar-refractivity contribution < 1.29 is 18.5 Å². The van der Waals surface area contributed by atoms with E-state index >= 15 is 0 Å². The van der Waals surface area contributed by atoms with Crippen LogP contribution in [-0.4, -0.2) is 23.3 Å². The molecule has 0 saturated carbocycles. The molecule has 1 aliphatic heterocycles. The molecule has 1 saturated heterocycles. The first kappa shape index (κ1) is 13.7. The number of carbonyl (C=O) groups excluding carboxylic acids is 1. The lowest BCUT2D eigenvalue weighted by molar-refractivity contribution is -0.384. The molecular weight excluding hydrogens is 282 g/mol. The Morgan fingerprint density at radius 2 is 2.16 bits per heavy atom. The fourth-order valence-corrected chi connectivity index (χ4v) is 2.27. The number of rotatable bonds is 3. The summed E-state index contributed by atoms with van der Waals surface area (Å²) in [6.45, 7) is 0.0890. The Balaban J connectivity index is 2.50. The molecule has 102 valence electrons. The monoisotopic (exact) mass is 290 g/mol. The predicted octanol–water partition coefficient (Wildman–Crippen LogP) is 2.46. The molecule has 1 amide bonds. The van der Waals surface area contributed by atoms with Gasteiger partial charge in [-0.25, -0.2) is 8.78 Å². The Hall–Kier alpha value is -1.76. The fourth-order valence-electron chi connectivity index (χ4n) is 2.06. The van der Waals surface area contributed by atoms with E-state index in [0.29, 0.717) is 12.1 Å². The molecule has 0 aromatic heterocycles. The fraction of sp³-hybridized carbons (Fsp3) is 0.364. The van der Waals surface area contributed by atoms with Crippen LogP contribution in [0.1, 0.15) is 6.42 Å². The largest absolute Gasteiger partial charge is 0.304 e. The Labute approximate surface area is 111 Å². The second-order valence-corrected chi connectivity index (χ2v) is 4.55. The summed E-state index contributed by atoms with van der Waals surface area (Å²) >= 11 is 5.63. The number of hydrogen-bond donors (Lipinski definition) is 0. The van der Waals surface area contributed by atoms with Crippen LogP contribution < -0.4 is 4.90 Å². The number of anilines is 1. The standard InChI is InChI=1S/C11H9ClF2N2O3/c12-4-6-1-10(17)15(5-6)11-8(14)2-7(13)3-9(11)16(18)19/h2-3,6H,1,4-5H2. The van der Waals surface area contributed by atoms with Crippen LogP contribution in [0.15, 0.2) is 12.1 Å². The minimum atomic E-state index is -1.13. The zero-order chi connectivity index (χ0) is 14.2. The highest BCUT2D eigenvalue weighted by Gasteiger charge is 2.36. The van der Waals surface area contributed by atoms with E-state index in [-0.39, 0.29) is 24.8 Å². The maximum Gasteiger partial charge on any atom is 0.298 e. The second-order valence-electron chi connectivity index (χ2n) is 4.24. The van der Waals surface area contributed by atoms with Gasteiger partial charge in [-0.2, -0.15) is 0 Å². The van der Waals surface area contributed by atoms with E-state index < -0.39 is 33.8 Å². The van der Waals surface area contributed by atoms with Crippen molar-refractivity contribution in [3.8, 4) is 0 Å². The highest BCUT2D eigenvalue weighted by atomic mass is 35.5. The topological polar surface area (TPSA) is 63.5 Å². The summed E-state index contributed by atoms with van der Waals surface area (Å²) in [5, 5.41) is 10.8. The Morgan fingerprint density at radius 1 is 1.47 bits per heavy atom. The third-order valence-corrected chi connectivity index (χ3v) is 3.33. The van der Waals surface area contributed by atoms with Crippen molar-refractivity contribution >= 4 is 28.9 Å². The molecule has 1 aromatic rings. The summed E-state index contributed by atoms with van der Waals surface area (Å²) in [5.74, 6) is -2.65. The van der Waals surface area contributed by atoms with Crippen LogP contribution >= 0.6 is 11.6 Å². The number of benzene rings is 1. The lowest BCUT2D eigenvalue weighted by Crippen LogP contribution is -2.26. The van der Waals surface area contributed by atoms with Crippen molar-refractivity contribution in [1.82, 2.24) is 0 Å². The van der Waals surface area contributed by atoms with Crippen LogP contribution in [0.2, 0.25) is 0 Å². The Kier molecular flexibility index (Phi) is 3.66. The lowest BCUT2D eigenvalue weighted by Gasteiger charge is -2.17. The molecule has 1 atom stereocenters. The number of nitrogens with zero attached hydrogens (tertiary/aromatic N) is 2. The van der Waals surface area contributed by atoms with Crippen LogP contribution in [0, 0.1) is 27.7 Å². The Morgan fingerprint density at radius 3 is 2.68 bits per heavy atom. The summed E-state index contributed by atoms with van der Waals surface area (Å²) in [7, 11) is 0. The predicted molar refractivity (Wildman–Crippen MR) is 64.2 cm³/mol. The van der Waals surface area contributed by atoms with E-state index in [2.05, 4.69) is 0 Å². The van der Waals surface area contributed by atoms with Gasteiger partial charge in [0.05, 0.1) is 11.0 Å². The average Bonchev–Trinajstić information content (AvgIpc) is 2.69. The summed E-state index contributed by atoms with van der Waals surface area (Å²) in [6.07, 6.45) is 0.0947. The summed E-state index contributed by atoms with van der Waals surface area (Å²) < 4.78 is 26.8. The molecule has 1 aliphatic rings. The third-order valence-electron chi connectivity index (χ3n) is 2.90. The van der Waals surface area contributed by atoms with Crippen LogP contribution in [0.5, 0.6) is 0 Å². The molecule has 8 heteroatoms. The molecule has 0 bridgehead atoms. The number of nitro benzene ring substituents is 1. The van der Waals surface area contributed by atoms with Crippen molar-refractivity contribution in [1.29, 1.82) is 0 Å². The van der Waals surface area contributed by atoms with Gasteiger partial charge in [0.2, 0.25) is 5.91 Å². The van der Waals surface area contributed by atoms with Gasteiger partial charge in [0.1, 0.15) is 5.82 Å². The molecule has 5 nitrogen and oxygen atoms in total. The van der Waals surface area contributed by atoms with Crippen LogP contribution in [0.25, 0.3) is 0 Å². The van der Waals surface area contributed by atoms with Gasteiger partial charge in [-0.1, -0.05) is 0 Å². The van der Waals surface area contributed by atoms with E-state index in [1.165, 1.54) is 0 Å². The molecule has 0 aliphatic carbocycles. The molecule has 0 radical (unpaired) electrons. The summed E-state index contributed by atoms with van der Waals surface area (Å²) in [4.78, 5) is 22.6. The zero-order valence-corrected chi connectivity index (χ0v) is 10.4. The highest BCUT2D eigenvalue weighted by molar-refractivity contribution is 6.18. The molecule has 1 aromatic carbocycles. The number of amides is 1. The van der Waals surface area contributed by atoms with Crippen molar-refractivity contribution in [2.24, 2.45) is 5.92 Å². The molecular formula is C11H9ClF2N2O3. The van der Waals surface area contributed by atoms with E-state index in [0.717, 1.165) is 4.90 Å². The molecule has 0 spiro atoms. The van der Waals surface area contributed by atoms with Crippen molar-refractivity contribution in [2.45, 2.75) is 6.42 Å². The van der Waals surface area contributed by atoms with E-state index in [1.54, 1.807) is 0 Å². The first-order valence-corrected chi connectivity index (χ1v) is 5.97. The van der Waals surface area contributed by atoms with Gasteiger partial charge in [-0.05, 0) is 5.92 Å². The second kappa shape index (κ2) is 5.08. The van der Waals surface area contributed by atoms with Crippen LogP contribution in [0.3, 0.4) is 0 Å². The van der Waals surface area contributed by atoms with Gasteiger partial charge in [-0.15, -0.1) is 11.6 Å². The van der Waals surface area contributed by atoms with Crippen molar-refractivity contribution in [2.75, 3.05) is 17.3 Å². The van der Waals surface area contributed by atoms with Gasteiger partial charge < -0.3 is 4.90 Å². The lowest BCUT2D eigenvalue weighted by atomic mass is 10.1.